The molecule has 0 amide bonds. The number of nitrogens with one attached hydrogen (secondary N) is 3. The fourth-order valence-corrected chi connectivity index (χ4v) is 2.26. The first kappa shape index (κ1) is 13.6. The summed E-state index contributed by atoms with van der Waals surface area (Å²) in [5, 5.41) is 13.4. The zero-order valence-corrected chi connectivity index (χ0v) is 11.6. The molecule has 1 aliphatic rings. The highest BCUT2D eigenvalue weighted by Gasteiger charge is 2.04. The molecule has 0 bridgehead atoms. The number of allylic oxidation sites excluding steroid dienone is 1. The van der Waals surface area contributed by atoms with E-state index in [2.05, 4.69) is 31.9 Å². The van der Waals surface area contributed by atoms with Gasteiger partial charge in [0, 0.05) is 19.8 Å². The maximum Gasteiger partial charge on any atom is 0.191 e. The third kappa shape index (κ3) is 4.77. The lowest BCUT2D eigenvalue weighted by Gasteiger charge is -2.14. The average Bonchev–Trinajstić information content (AvgIpc) is 2.97. The first-order valence-corrected chi connectivity index (χ1v) is 6.99. The minimum Gasteiger partial charge on any atom is -0.356 e. The zero-order chi connectivity index (χ0) is 13.3. The molecule has 0 unspecified atom stereocenters. The molecule has 0 aromatic carbocycles. The molecule has 0 spiro atoms. The summed E-state index contributed by atoms with van der Waals surface area (Å²) in [4.78, 5) is 4.21. The van der Waals surface area contributed by atoms with Crippen LogP contribution in [0.1, 0.15) is 37.8 Å². The van der Waals surface area contributed by atoms with Gasteiger partial charge >= 0.3 is 0 Å². The quantitative estimate of drug-likeness (QED) is 0.431. The third-order valence-corrected chi connectivity index (χ3v) is 3.35. The molecule has 3 N–H and O–H groups in total. The fourth-order valence-electron chi connectivity index (χ4n) is 2.26. The van der Waals surface area contributed by atoms with Crippen molar-refractivity contribution in [3.05, 3.63) is 29.6 Å². The van der Waals surface area contributed by atoms with Gasteiger partial charge in [-0.25, -0.2) is 0 Å². The van der Waals surface area contributed by atoms with Crippen molar-refractivity contribution in [1.82, 2.24) is 20.8 Å². The second-order valence-corrected chi connectivity index (χ2v) is 4.79. The summed E-state index contributed by atoms with van der Waals surface area (Å²) in [6.07, 6.45) is 10.5. The van der Waals surface area contributed by atoms with E-state index < -0.39 is 0 Å². The van der Waals surface area contributed by atoms with E-state index >= 15 is 0 Å². The minimum atomic E-state index is 0.711. The van der Waals surface area contributed by atoms with Gasteiger partial charge in [-0.2, -0.15) is 5.10 Å². The third-order valence-electron chi connectivity index (χ3n) is 3.35. The molecular formula is C14H23N5. The highest BCUT2D eigenvalue weighted by molar-refractivity contribution is 5.79. The van der Waals surface area contributed by atoms with Crippen LogP contribution in [0, 0.1) is 0 Å². The van der Waals surface area contributed by atoms with Crippen molar-refractivity contribution >= 4 is 5.96 Å². The van der Waals surface area contributed by atoms with Crippen LogP contribution in [-0.2, 0) is 6.54 Å². The first-order valence-electron chi connectivity index (χ1n) is 6.99. The Bertz CT molecular complexity index is 419. The number of H-pyrrole nitrogens is 1. The number of aromatic nitrogens is 2. The largest absolute Gasteiger partial charge is 0.356 e. The summed E-state index contributed by atoms with van der Waals surface area (Å²) in [6, 6.07) is 1.95. The lowest BCUT2D eigenvalue weighted by Crippen LogP contribution is -2.37. The molecule has 1 aliphatic carbocycles. The second-order valence-electron chi connectivity index (χ2n) is 4.79. The van der Waals surface area contributed by atoms with E-state index in [-0.39, 0.29) is 0 Å². The minimum absolute atomic E-state index is 0.711. The van der Waals surface area contributed by atoms with Crippen LogP contribution in [0.25, 0.3) is 0 Å². The number of guanidine groups is 1. The van der Waals surface area contributed by atoms with Crippen molar-refractivity contribution < 1.29 is 0 Å². The van der Waals surface area contributed by atoms with Crippen molar-refractivity contribution in [2.24, 2.45) is 4.99 Å². The predicted octanol–water partition coefficient (Wildman–Crippen LogP) is 1.97. The Kier molecular flexibility index (Phi) is 5.47. The molecule has 19 heavy (non-hydrogen) atoms. The van der Waals surface area contributed by atoms with E-state index in [0.29, 0.717) is 6.54 Å². The summed E-state index contributed by atoms with van der Waals surface area (Å²) in [5.74, 6) is 0.839. The van der Waals surface area contributed by atoms with Crippen LogP contribution in [-0.4, -0.2) is 29.7 Å². The monoisotopic (exact) mass is 261 g/mol. The lowest BCUT2D eigenvalue weighted by molar-refractivity contribution is 0.665. The summed E-state index contributed by atoms with van der Waals surface area (Å²) < 4.78 is 0. The lowest BCUT2D eigenvalue weighted by atomic mass is 9.97. The van der Waals surface area contributed by atoms with Gasteiger partial charge in [-0.3, -0.25) is 10.1 Å². The Morgan fingerprint density at radius 1 is 1.42 bits per heavy atom. The number of nitrogens with zero attached hydrogens (tertiary/aromatic N) is 2. The molecule has 0 fully saturated rings. The van der Waals surface area contributed by atoms with Gasteiger partial charge in [0.2, 0.25) is 0 Å². The SMILES string of the molecule is CN=C(NCCC1=CCCCC1)NCc1ccn[nH]1. The van der Waals surface area contributed by atoms with Crippen LogP contribution in [0.15, 0.2) is 28.9 Å². The van der Waals surface area contributed by atoms with Crippen molar-refractivity contribution in [3.8, 4) is 0 Å². The molecule has 5 nitrogen and oxygen atoms in total. The zero-order valence-electron chi connectivity index (χ0n) is 11.6. The summed E-state index contributed by atoms with van der Waals surface area (Å²) >= 11 is 0. The van der Waals surface area contributed by atoms with E-state index in [1.54, 1.807) is 18.8 Å². The molecule has 1 heterocycles. The predicted molar refractivity (Wildman–Crippen MR) is 78.0 cm³/mol. The number of hydrogen-bond donors (Lipinski definition) is 3. The summed E-state index contributed by atoms with van der Waals surface area (Å²) in [6.45, 7) is 1.65. The van der Waals surface area contributed by atoms with Gasteiger partial charge in [0.25, 0.3) is 0 Å². The second kappa shape index (κ2) is 7.61. The Morgan fingerprint density at radius 2 is 2.37 bits per heavy atom. The molecule has 1 aromatic heterocycles. The van der Waals surface area contributed by atoms with Crippen LogP contribution in [0.3, 0.4) is 0 Å². The molecule has 5 heteroatoms. The van der Waals surface area contributed by atoms with E-state index in [1.807, 2.05) is 6.07 Å². The molecule has 0 atom stereocenters. The Balaban J connectivity index is 1.66. The Morgan fingerprint density at radius 3 is 3.05 bits per heavy atom. The van der Waals surface area contributed by atoms with Crippen molar-refractivity contribution in [2.75, 3.05) is 13.6 Å². The molecule has 0 aliphatic heterocycles. The van der Waals surface area contributed by atoms with Crippen LogP contribution < -0.4 is 10.6 Å². The van der Waals surface area contributed by atoms with Crippen LogP contribution in [0.5, 0.6) is 0 Å². The molecule has 0 saturated heterocycles. The Labute approximate surface area is 114 Å². The highest BCUT2D eigenvalue weighted by Crippen LogP contribution is 2.19. The standard InChI is InChI=1S/C14H23N5/c1-15-14(17-11-13-8-10-18-19-13)16-9-7-12-5-3-2-4-6-12/h5,8,10H,2-4,6-7,9,11H2,1H3,(H,18,19)(H2,15,16,17). The van der Waals surface area contributed by atoms with Crippen molar-refractivity contribution in [1.29, 1.82) is 0 Å². The molecule has 0 saturated carbocycles. The van der Waals surface area contributed by atoms with Crippen molar-refractivity contribution in [3.63, 3.8) is 0 Å². The number of rotatable bonds is 5. The van der Waals surface area contributed by atoms with E-state index in [0.717, 1.165) is 24.6 Å². The normalized spacial score (nSPS) is 16.1. The number of aromatic amines is 1. The summed E-state index contributed by atoms with van der Waals surface area (Å²) in [5.41, 5.74) is 2.64. The van der Waals surface area contributed by atoms with Gasteiger partial charge in [0.15, 0.2) is 5.96 Å². The van der Waals surface area contributed by atoms with Gasteiger partial charge in [-0.1, -0.05) is 11.6 Å². The van der Waals surface area contributed by atoms with E-state index in [9.17, 15) is 0 Å². The van der Waals surface area contributed by atoms with Gasteiger partial charge in [-0.05, 0) is 38.2 Å². The average molecular weight is 261 g/mol. The number of hydrogen-bond acceptors (Lipinski definition) is 2. The summed E-state index contributed by atoms with van der Waals surface area (Å²) in [7, 11) is 1.79. The molecule has 104 valence electrons. The maximum absolute atomic E-state index is 4.21. The van der Waals surface area contributed by atoms with Gasteiger partial charge < -0.3 is 10.6 Å². The topological polar surface area (TPSA) is 65.1 Å². The van der Waals surface area contributed by atoms with Crippen LogP contribution in [0.2, 0.25) is 0 Å². The molecular weight excluding hydrogens is 238 g/mol. The van der Waals surface area contributed by atoms with E-state index in [1.165, 1.54) is 25.7 Å². The number of aliphatic imine (C=N–C) groups is 1. The Hall–Kier alpha value is -1.78. The van der Waals surface area contributed by atoms with Crippen molar-refractivity contribution in [2.45, 2.75) is 38.6 Å². The smallest absolute Gasteiger partial charge is 0.191 e. The molecule has 2 rings (SSSR count). The van der Waals surface area contributed by atoms with Crippen LogP contribution in [0.4, 0.5) is 0 Å². The first-order chi connectivity index (χ1) is 9.38. The molecule has 1 aromatic rings. The fraction of sp³-hybridized carbons (Fsp3) is 0.571. The van der Waals surface area contributed by atoms with E-state index in [4.69, 9.17) is 0 Å². The highest BCUT2D eigenvalue weighted by atomic mass is 15.2. The van der Waals surface area contributed by atoms with Gasteiger partial charge in [0.05, 0.1) is 12.2 Å². The van der Waals surface area contributed by atoms with Gasteiger partial charge in [0.1, 0.15) is 0 Å². The van der Waals surface area contributed by atoms with Gasteiger partial charge in [-0.15, -0.1) is 0 Å². The maximum atomic E-state index is 4.21. The molecule has 0 radical (unpaired) electrons. The van der Waals surface area contributed by atoms with Crippen LogP contribution >= 0.6 is 0 Å².